The first-order valence-corrected chi connectivity index (χ1v) is 5.37. The van der Waals surface area contributed by atoms with E-state index in [2.05, 4.69) is 20.6 Å². The van der Waals surface area contributed by atoms with Crippen LogP contribution in [0.25, 0.3) is 5.65 Å². The molecule has 7 heteroatoms. The summed E-state index contributed by atoms with van der Waals surface area (Å²) in [5.41, 5.74) is 0.623. The minimum absolute atomic E-state index is 0.498. The van der Waals surface area contributed by atoms with Gasteiger partial charge in [0.05, 0.1) is 0 Å². The second-order valence-electron chi connectivity index (χ2n) is 3.68. The van der Waals surface area contributed by atoms with Crippen molar-refractivity contribution < 1.29 is 9.90 Å². The van der Waals surface area contributed by atoms with Crippen molar-refractivity contribution in [3.63, 3.8) is 0 Å². The molecule has 1 unspecified atom stereocenters. The molecule has 0 bridgehead atoms. The van der Waals surface area contributed by atoms with Crippen LogP contribution in [0.5, 0.6) is 0 Å². The van der Waals surface area contributed by atoms with Gasteiger partial charge in [-0.25, -0.2) is 4.79 Å². The number of rotatable bonds is 5. The quantitative estimate of drug-likeness (QED) is 0.796. The second-order valence-corrected chi connectivity index (χ2v) is 3.68. The molecule has 0 spiro atoms. The number of aliphatic carboxylic acids is 1. The van der Waals surface area contributed by atoms with E-state index in [1.807, 2.05) is 6.92 Å². The van der Waals surface area contributed by atoms with Crippen LogP contribution in [-0.2, 0) is 4.79 Å². The summed E-state index contributed by atoms with van der Waals surface area (Å²) in [6.45, 7) is 1.94. The monoisotopic (exact) mass is 235 g/mol. The van der Waals surface area contributed by atoms with E-state index in [-0.39, 0.29) is 0 Å². The van der Waals surface area contributed by atoms with Crippen molar-refractivity contribution in [1.82, 2.24) is 19.8 Å². The molecule has 2 rings (SSSR count). The molecule has 1 atom stereocenters. The Bertz CT molecular complexity index is 524. The van der Waals surface area contributed by atoms with Gasteiger partial charge in [0.15, 0.2) is 5.65 Å². The highest BCUT2D eigenvalue weighted by molar-refractivity contribution is 5.76. The van der Waals surface area contributed by atoms with E-state index in [0.717, 1.165) is 6.42 Å². The van der Waals surface area contributed by atoms with E-state index in [4.69, 9.17) is 5.11 Å². The standard InChI is InChI=1S/C10H13N5O2/c1-2-3-7(10(16)17)12-8-4-5-9-13-11-6-15(9)14-8/h4-7H,2-3H2,1H3,(H,12,14)(H,16,17). The number of carboxylic acids is 1. The Morgan fingerprint density at radius 3 is 3.12 bits per heavy atom. The highest BCUT2D eigenvalue weighted by atomic mass is 16.4. The Balaban J connectivity index is 2.18. The zero-order valence-electron chi connectivity index (χ0n) is 9.37. The van der Waals surface area contributed by atoms with E-state index in [0.29, 0.717) is 17.9 Å². The molecule has 0 aromatic carbocycles. The van der Waals surface area contributed by atoms with Crippen LogP contribution in [0, 0.1) is 0 Å². The van der Waals surface area contributed by atoms with Crippen molar-refractivity contribution in [2.75, 3.05) is 5.32 Å². The average Bonchev–Trinajstić information content (AvgIpc) is 2.75. The third-order valence-electron chi connectivity index (χ3n) is 2.36. The van der Waals surface area contributed by atoms with E-state index in [1.165, 1.54) is 10.8 Å². The van der Waals surface area contributed by atoms with Gasteiger partial charge in [-0.3, -0.25) is 0 Å². The highest BCUT2D eigenvalue weighted by Crippen LogP contribution is 2.09. The molecule has 2 N–H and O–H groups in total. The molecule has 2 aromatic heterocycles. The maximum absolute atomic E-state index is 11.0. The maximum Gasteiger partial charge on any atom is 0.326 e. The number of carboxylic acid groups (broad SMARTS) is 1. The molecule has 0 amide bonds. The number of hydrogen-bond donors (Lipinski definition) is 2. The summed E-state index contributed by atoms with van der Waals surface area (Å²) in [4.78, 5) is 11.0. The van der Waals surface area contributed by atoms with Crippen LogP contribution in [-0.4, -0.2) is 36.9 Å². The molecule has 2 heterocycles. The van der Waals surface area contributed by atoms with Crippen molar-refractivity contribution in [2.24, 2.45) is 0 Å². The predicted octanol–water partition coefficient (Wildman–Crippen LogP) is 0.789. The van der Waals surface area contributed by atoms with Crippen LogP contribution in [0.3, 0.4) is 0 Å². The lowest BCUT2D eigenvalue weighted by atomic mass is 10.2. The summed E-state index contributed by atoms with van der Waals surface area (Å²) in [7, 11) is 0. The molecule has 0 saturated carbocycles. The number of anilines is 1. The topological polar surface area (TPSA) is 92.4 Å². The minimum atomic E-state index is -0.877. The minimum Gasteiger partial charge on any atom is -0.480 e. The zero-order valence-corrected chi connectivity index (χ0v) is 9.37. The van der Waals surface area contributed by atoms with Crippen LogP contribution in [0.4, 0.5) is 5.82 Å². The Kier molecular flexibility index (Phi) is 3.17. The third kappa shape index (κ3) is 2.49. The lowest BCUT2D eigenvalue weighted by Gasteiger charge is -2.13. The molecule has 0 aliphatic carbocycles. The van der Waals surface area contributed by atoms with Crippen LogP contribution < -0.4 is 5.32 Å². The van der Waals surface area contributed by atoms with E-state index in [1.54, 1.807) is 12.1 Å². The summed E-state index contributed by atoms with van der Waals surface area (Å²) < 4.78 is 1.49. The van der Waals surface area contributed by atoms with Crippen molar-refractivity contribution in [2.45, 2.75) is 25.8 Å². The fourth-order valence-corrected chi connectivity index (χ4v) is 1.53. The van der Waals surface area contributed by atoms with Gasteiger partial charge in [-0.1, -0.05) is 13.3 Å². The van der Waals surface area contributed by atoms with E-state index in [9.17, 15) is 4.79 Å². The smallest absolute Gasteiger partial charge is 0.326 e. The highest BCUT2D eigenvalue weighted by Gasteiger charge is 2.16. The second kappa shape index (κ2) is 4.77. The molecular formula is C10H13N5O2. The van der Waals surface area contributed by atoms with Gasteiger partial charge in [0.25, 0.3) is 0 Å². The van der Waals surface area contributed by atoms with E-state index >= 15 is 0 Å². The normalized spacial score (nSPS) is 12.5. The number of nitrogens with one attached hydrogen (secondary N) is 1. The average molecular weight is 235 g/mol. The summed E-state index contributed by atoms with van der Waals surface area (Å²) in [6.07, 6.45) is 2.81. The Hall–Kier alpha value is -2.18. The van der Waals surface area contributed by atoms with Crippen LogP contribution >= 0.6 is 0 Å². The van der Waals surface area contributed by atoms with Crippen molar-refractivity contribution in [3.8, 4) is 0 Å². The predicted molar refractivity (Wildman–Crippen MR) is 60.7 cm³/mol. The SMILES string of the molecule is CCCC(Nc1ccc2nncn2n1)C(=O)O. The number of aromatic nitrogens is 4. The third-order valence-corrected chi connectivity index (χ3v) is 2.36. The molecule has 0 fully saturated rings. The molecule has 7 nitrogen and oxygen atoms in total. The molecular weight excluding hydrogens is 222 g/mol. The number of hydrogen-bond acceptors (Lipinski definition) is 5. The largest absolute Gasteiger partial charge is 0.480 e. The molecule has 2 aromatic rings. The maximum atomic E-state index is 11.0. The Morgan fingerprint density at radius 1 is 1.59 bits per heavy atom. The van der Waals surface area contributed by atoms with Gasteiger partial charge in [0.1, 0.15) is 18.2 Å². The van der Waals surface area contributed by atoms with Gasteiger partial charge < -0.3 is 10.4 Å². The van der Waals surface area contributed by atoms with Crippen LogP contribution in [0.2, 0.25) is 0 Å². The van der Waals surface area contributed by atoms with Crippen molar-refractivity contribution >= 4 is 17.4 Å². The first-order chi connectivity index (χ1) is 8.20. The Labute approximate surface area is 97.5 Å². The number of fused-ring (bicyclic) bond motifs is 1. The van der Waals surface area contributed by atoms with Gasteiger partial charge >= 0.3 is 5.97 Å². The molecule has 0 radical (unpaired) electrons. The van der Waals surface area contributed by atoms with Crippen LogP contribution in [0.1, 0.15) is 19.8 Å². The summed E-state index contributed by atoms with van der Waals surface area (Å²) in [6, 6.07) is 2.80. The van der Waals surface area contributed by atoms with Gasteiger partial charge in [-0.15, -0.1) is 15.3 Å². The summed E-state index contributed by atoms with van der Waals surface area (Å²) in [5.74, 6) is -0.379. The molecule has 0 aliphatic heterocycles. The van der Waals surface area contributed by atoms with Crippen molar-refractivity contribution in [1.29, 1.82) is 0 Å². The first-order valence-electron chi connectivity index (χ1n) is 5.37. The number of nitrogens with zero attached hydrogens (tertiary/aromatic N) is 4. The fraction of sp³-hybridized carbons (Fsp3) is 0.400. The number of carbonyl (C=O) groups is 1. The summed E-state index contributed by atoms with van der Waals surface area (Å²) >= 11 is 0. The Morgan fingerprint density at radius 2 is 2.41 bits per heavy atom. The van der Waals surface area contributed by atoms with Gasteiger partial charge in [-0.2, -0.15) is 4.52 Å². The van der Waals surface area contributed by atoms with Crippen LogP contribution in [0.15, 0.2) is 18.5 Å². The van der Waals surface area contributed by atoms with Gasteiger partial charge in [0, 0.05) is 0 Å². The molecule has 0 aliphatic rings. The van der Waals surface area contributed by atoms with Gasteiger partial charge in [0.2, 0.25) is 0 Å². The lowest BCUT2D eigenvalue weighted by molar-refractivity contribution is -0.138. The van der Waals surface area contributed by atoms with E-state index < -0.39 is 12.0 Å². The van der Waals surface area contributed by atoms with Gasteiger partial charge in [-0.05, 0) is 18.6 Å². The molecule has 90 valence electrons. The zero-order chi connectivity index (χ0) is 12.3. The molecule has 17 heavy (non-hydrogen) atoms. The van der Waals surface area contributed by atoms with Crippen molar-refractivity contribution in [3.05, 3.63) is 18.5 Å². The summed E-state index contributed by atoms with van der Waals surface area (Å²) in [5, 5.41) is 23.6. The first kappa shape index (κ1) is 11.3. The fourth-order valence-electron chi connectivity index (χ4n) is 1.53. The lowest BCUT2D eigenvalue weighted by Crippen LogP contribution is -2.29. The molecule has 0 saturated heterocycles.